The molecule has 0 amide bonds. The molecule has 0 aliphatic heterocycles. The predicted octanol–water partition coefficient (Wildman–Crippen LogP) is 4.01. The van der Waals surface area contributed by atoms with Crippen LogP contribution in [0.3, 0.4) is 0 Å². The van der Waals surface area contributed by atoms with Crippen molar-refractivity contribution in [2.75, 3.05) is 0 Å². The van der Waals surface area contributed by atoms with Crippen molar-refractivity contribution in [2.45, 2.75) is 39.2 Å². The maximum atomic E-state index is 11.8. The van der Waals surface area contributed by atoms with E-state index in [0.717, 1.165) is 24.2 Å². The molecule has 0 unspecified atom stereocenters. The quantitative estimate of drug-likeness (QED) is 0.403. The summed E-state index contributed by atoms with van der Waals surface area (Å²) in [4.78, 5) is 11.8. The van der Waals surface area contributed by atoms with Gasteiger partial charge < -0.3 is 4.74 Å². The minimum absolute atomic E-state index is 0.157. The van der Waals surface area contributed by atoms with E-state index in [4.69, 9.17) is 4.74 Å². The van der Waals surface area contributed by atoms with Crippen LogP contribution in [0.2, 0.25) is 0 Å². The summed E-state index contributed by atoms with van der Waals surface area (Å²) >= 11 is 0. The van der Waals surface area contributed by atoms with E-state index in [2.05, 4.69) is 6.58 Å². The Hall–Kier alpha value is -1.57. The van der Waals surface area contributed by atoms with Crippen molar-refractivity contribution >= 4 is 5.78 Å². The van der Waals surface area contributed by atoms with Gasteiger partial charge in [-0.25, -0.2) is 0 Å². The Morgan fingerprint density at radius 1 is 1.35 bits per heavy atom. The van der Waals surface area contributed by atoms with Crippen LogP contribution in [0.5, 0.6) is 5.75 Å². The lowest BCUT2D eigenvalue weighted by Crippen LogP contribution is -2.06. The zero-order valence-electron chi connectivity index (χ0n) is 10.6. The summed E-state index contributed by atoms with van der Waals surface area (Å²) < 4.78 is 5.52. The molecule has 0 saturated carbocycles. The van der Waals surface area contributed by atoms with Gasteiger partial charge in [0.15, 0.2) is 5.78 Å². The first-order chi connectivity index (χ1) is 8.13. The Balaban J connectivity index is 2.54. The monoisotopic (exact) mass is 232 g/mol. The third-order valence-corrected chi connectivity index (χ3v) is 2.36. The maximum absolute atomic E-state index is 11.8. The molecule has 2 nitrogen and oxygen atoms in total. The van der Waals surface area contributed by atoms with Gasteiger partial charge in [-0.3, -0.25) is 4.79 Å². The minimum atomic E-state index is 0.157. The Labute approximate surface area is 103 Å². The van der Waals surface area contributed by atoms with Crippen LogP contribution in [0.1, 0.15) is 43.5 Å². The number of benzene rings is 1. The summed E-state index contributed by atoms with van der Waals surface area (Å²) in [5.41, 5.74) is 0.755. The van der Waals surface area contributed by atoms with Crippen molar-refractivity contribution < 1.29 is 9.53 Å². The van der Waals surface area contributed by atoms with Crippen molar-refractivity contribution in [2.24, 2.45) is 0 Å². The lowest BCUT2D eigenvalue weighted by atomic mass is 10.1. The van der Waals surface area contributed by atoms with Gasteiger partial charge in [-0.1, -0.05) is 6.08 Å². The Morgan fingerprint density at radius 3 is 2.53 bits per heavy atom. The number of allylic oxidation sites excluding steroid dienone is 1. The van der Waals surface area contributed by atoms with Gasteiger partial charge in [-0.15, -0.1) is 6.58 Å². The summed E-state index contributed by atoms with van der Waals surface area (Å²) in [5.74, 6) is 0.991. The van der Waals surface area contributed by atoms with Crippen molar-refractivity contribution in [3.05, 3.63) is 42.5 Å². The number of carbonyl (C=O) groups is 1. The average molecular weight is 232 g/mol. The van der Waals surface area contributed by atoms with E-state index in [1.54, 1.807) is 0 Å². The molecule has 0 N–H and O–H groups in total. The number of unbranched alkanes of at least 4 members (excludes halogenated alkanes) is 1. The molecule has 0 radical (unpaired) electrons. The van der Waals surface area contributed by atoms with E-state index in [1.165, 1.54) is 0 Å². The second-order valence-corrected chi connectivity index (χ2v) is 4.30. The van der Waals surface area contributed by atoms with Crippen LogP contribution in [0.15, 0.2) is 36.9 Å². The minimum Gasteiger partial charge on any atom is -0.491 e. The maximum Gasteiger partial charge on any atom is 0.162 e. The van der Waals surface area contributed by atoms with Crippen LogP contribution in [0.25, 0.3) is 0 Å². The molecule has 1 aromatic rings. The highest BCUT2D eigenvalue weighted by atomic mass is 16.5. The molecule has 17 heavy (non-hydrogen) atoms. The van der Waals surface area contributed by atoms with E-state index in [9.17, 15) is 4.79 Å². The summed E-state index contributed by atoms with van der Waals surface area (Å²) in [6.07, 6.45) is 4.33. The van der Waals surface area contributed by atoms with Crippen molar-refractivity contribution in [3.63, 3.8) is 0 Å². The van der Waals surface area contributed by atoms with Gasteiger partial charge in [0, 0.05) is 12.0 Å². The number of carbonyl (C=O) groups excluding carboxylic acids is 1. The standard InChI is InChI=1S/C15H20O2/c1-4-5-6-7-15(16)13-8-10-14(11-9-13)17-12(2)3/h4,8-12H,1,5-7H2,2-3H3. The zero-order valence-corrected chi connectivity index (χ0v) is 10.6. The molecule has 0 aliphatic rings. The van der Waals surface area contributed by atoms with Gasteiger partial charge in [-0.05, 0) is 51.0 Å². The summed E-state index contributed by atoms with van der Waals surface area (Å²) in [6, 6.07) is 7.35. The Kier molecular flexibility index (Phi) is 5.47. The second kappa shape index (κ2) is 6.89. The van der Waals surface area contributed by atoms with Gasteiger partial charge in [-0.2, -0.15) is 0 Å². The number of Topliss-reactive ketones (excluding diaryl/α,β-unsaturated/α-hetero) is 1. The van der Waals surface area contributed by atoms with Crippen molar-refractivity contribution in [3.8, 4) is 5.75 Å². The molecule has 0 saturated heterocycles. The van der Waals surface area contributed by atoms with Crippen LogP contribution >= 0.6 is 0 Å². The number of hydrogen-bond acceptors (Lipinski definition) is 2. The van der Waals surface area contributed by atoms with E-state index in [1.807, 2.05) is 44.2 Å². The normalized spacial score (nSPS) is 10.3. The number of hydrogen-bond donors (Lipinski definition) is 0. The summed E-state index contributed by atoms with van der Waals surface area (Å²) in [6.45, 7) is 7.60. The molecule has 0 atom stereocenters. The van der Waals surface area contributed by atoms with Gasteiger partial charge in [0.25, 0.3) is 0 Å². The lowest BCUT2D eigenvalue weighted by molar-refractivity contribution is 0.0980. The summed E-state index contributed by atoms with van der Waals surface area (Å²) in [5, 5.41) is 0. The van der Waals surface area contributed by atoms with Crippen LogP contribution in [0, 0.1) is 0 Å². The number of ketones is 1. The Morgan fingerprint density at radius 2 is 2.00 bits per heavy atom. The third-order valence-electron chi connectivity index (χ3n) is 2.36. The molecule has 0 bridgehead atoms. The highest BCUT2D eigenvalue weighted by Gasteiger charge is 2.05. The van der Waals surface area contributed by atoms with E-state index in [-0.39, 0.29) is 11.9 Å². The first kappa shape index (κ1) is 13.5. The molecule has 1 aromatic carbocycles. The number of ether oxygens (including phenoxy) is 1. The molecule has 2 heteroatoms. The molecule has 0 heterocycles. The van der Waals surface area contributed by atoms with Gasteiger partial charge in [0.05, 0.1) is 6.10 Å². The molecular formula is C15H20O2. The third kappa shape index (κ3) is 4.85. The largest absolute Gasteiger partial charge is 0.491 e. The molecule has 0 fully saturated rings. The molecule has 1 rings (SSSR count). The van der Waals surface area contributed by atoms with Crippen LogP contribution < -0.4 is 4.74 Å². The van der Waals surface area contributed by atoms with Crippen molar-refractivity contribution in [1.29, 1.82) is 0 Å². The summed E-state index contributed by atoms with van der Waals surface area (Å²) in [7, 11) is 0. The average Bonchev–Trinajstić information content (AvgIpc) is 2.29. The van der Waals surface area contributed by atoms with E-state index >= 15 is 0 Å². The lowest BCUT2D eigenvalue weighted by Gasteiger charge is -2.09. The first-order valence-electron chi connectivity index (χ1n) is 6.04. The molecule has 0 spiro atoms. The van der Waals surface area contributed by atoms with E-state index in [0.29, 0.717) is 6.42 Å². The van der Waals surface area contributed by atoms with Crippen LogP contribution in [0.4, 0.5) is 0 Å². The second-order valence-electron chi connectivity index (χ2n) is 4.30. The number of rotatable bonds is 7. The fourth-order valence-corrected chi connectivity index (χ4v) is 1.54. The first-order valence-corrected chi connectivity index (χ1v) is 6.04. The predicted molar refractivity (Wildman–Crippen MR) is 70.6 cm³/mol. The van der Waals surface area contributed by atoms with Gasteiger partial charge in [0.1, 0.15) is 5.75 Å². The van der Waals surface area contributed by atoms with Crippen LogP contribution in [-0.4, -0.2) is 11.9 Å². The molecular weight excluding hydrogens is 212 g/mol. The highest BCUT2D eigenvalue weighted by molar-refractivity contribution is 5.96. The molecule has 0 aliphatic carbocycles. The zero-order chi connectivity index (χ0) is 12.7. The topological polar surface area (TPSA) is 26.3 Å². The SMILES string of the molecule is C=CCCCC(=O)c1ccc(OC(C)C)cc1. The molecule has 92 valence electrons. The van der Waals surface area contributed by atoms with E-state index < -0.39 is 0 Å². The van der Waals surface area contributed by atoms with Gasteiger partial charge >= 0.3 is 0 Å². The van der Waals surface area contributed by atoms with Crippen LogP contribution in [-0.2, 0) is 0 Å². The van der Waals surface area contributed by atoms with Gasteiger partial charge in [0.2, 0.25) is 0 Å². The highest BCUT2D eigenvalue weighted by Crippen LogP contribution is 2.15. The smallest absolute Gasteiger partial charge is 0.162 e. The Bertz CT molecular complexity index is 363. The fourth-order valence-electron chi connectivity index (χ4n) is 1.54. The fraction of sp³-hybridized carbons (Fsp3) is 0.400. The molecule has 0 aromatic heterocycles. The van der Waals surface area contributed by atoms with Crippen molar-refractivity contribution in [1.82, 2.24) is 0 Å².